The Morgan fingerprint density at radius 2 is 1.89 bits per heavy atom. The van der Waals surface area contributed by atoms with Crippen LogP contribution in [-0.4, -0.2) is 75.4 Å². The summed E-state index contributed by atoms with van der Waals surface area (Å²) in [5.74, 6) is 0.0896. The lowest BCUT2D eigenvalue weighted by Crippen LogP contribution is -2.51. The van der Waals surface area contributed by atoms with Crippen LogP contribution in [0.2, 0.25) is 0 Å². The molecule has 0 bridgehead atoms. The van der Waals surface area contributed by atoms with E-state index in [1.165, 1.54) is 18.3 Å². The second-order valence-corrected chi connectivity index (χ2v) is 9.52. The summed E-state index contributed by atoms with van der Waals surface area (Å²) in [6, 6.07) is 7.75. The lowest BCUT2D eigenvalue weighted by Gasteiger charge is -2.40. The molecule has 2 aromatic heterocycles. The quantitative estimate of drug-likeness (QED) is 0.496. The number of hydrogen-bond donors (Lipinski definition) is 2. The maximum atomic E-state index is 13.6. The molecule has 0 spiro atoms. The second-order valence-electron chi connectivity index (χ2n) is 9.52. The van der Waals surface area contributed by atoms with Crippen LogP contribution in [-0.2, 0) is 14.3 Å². The van der Waals surface area contributed by atoms with Crippen LogP contribution in [0.4, 0.5) is 4.39 Å². The number of ether oxygens (including phenoxy) is 3. The van der Waals surface area contributed by atoms with E-state index in [2.05, 4.69) is 15.0 Å². The molecule has 1 amide bonds. The number of aromatic nitrogens is 4. The minimum atomic E-state index is -0.817. The van der Waals surface area contributed by atoms with Crippen molar-refractivity contribution < 1.29 is 28.5 Å². The number of nitrogens with zero attached hydrogens (tertiary/aromatic N) is 4. The van der Waals surface area contributed by atoms with Crippen molar-refractivity contribution in [2.24, 2.45) is 5.41 Å². The van der Waals surface area contributed by atoms with E-state index in [4.69, 9.17) is 24.3 Å². The molecule has 37 heavy (non-hydrogen) atoms. The number of aliphatic hydroxyl groups is 1. The number of aromatic amines is 1. The minimum Gasteiger partial charge on any atom is -0.461 e. The highest BCUT2D eigenvalue weighted by atomic mass is 19.1. The van der Waals surface area contributed by atoms with Gasteiger partial charge < -0.3 is 29.2 Å². The van der Waals surface area contributed by atoms with Gasteiger partial charge in [0.2, 0.25) is 12.2 Å². The van der Waals surface area contributed by atoms with Gasteiger partial charge in [-0.1, -0.05) is 0 Å². The number of likely N-dealkylation sites (tertiary alicyclic amines) is 1. The number of hydrogen-bond acceptors (Lipinski definition) is 8. The summed E-state index contributed by atoms with van der Waals surface area (Å²) in [4.78, 5) is 31.5. The molecular formula is C26H30FN5O5. The lowest BCUT2D eigenvalue weighted by molar-refractivity contribution is -0.234. The Balaban J connectivity index is 1.40. The van der Waals surface area contributed by atoms with Crippen molar-refractivity contribution in [2.75, 3.05) is 39.5 Å². The molecule has 0 aliphatic carbocycles. The average Bonchev–Trinajstić information content (AvgIpc) is 3.38. The Labute approximate surface area is 213 Å². The number of rotatable bonds is 7. The molecule has 0 saturated carbocycles. The number of carbonyl (C=O) groups excluding carboxylic acids is 1. The van der Waals surface area contributed by atoms with Gasteiger partial charge in [-0.15, -0.1) is 0 Å². The highest BCUT2D eigenvalue weighted by Crippen LogP contribution is 2.36. The molecule has 2 aliphatic heterocycles. The van der Waals surface area contributed by atoms with Crippen molar-refractivity contribution in [1.29, 1.82) is 0 Å². The number of halogens is 1. The van der Waals surface area contributed by atoms with Crippen LogP contribution in [0.5, 0.6) is 6.01 Å². The van der Waals surface area contributed by atoms with Gasteiger partial charge >= 0.3 is 6.01 Å². The van der Waals surface area contributed by atoms with E-state index in [0.29, 0.717) is 28.5 Å². The summed E-state index contributed by atoms with van der Waals surface area (Å²) in [6.45, 7) is 3.68. The van der Waals surface area contributed by atoms with Gasteiger partial charge in [0.05, 0.1) is 42.3 Å². The number of carbonyl (C=O) groups is 1. The van der Waals surface area contributed by atoms with Gasteiger partial charge in [-0.2, -0.15) is 4.98 Å². The molecule has 2 saturated heterocycles. The lowest BCUT2D eigenvalue weighted by atomic mass is 9.89. The normalized spacial score (nSPS) is 22.1. The average molecular weight is 512 g/mol. The van der Waals surface area contributed by atoms with Crippen LogP contribution in [0.25, 0.3) is 22.6 Å². The number of nitrogens with one attached hydrogen (secondary N) is 1. The van der Waals surface area contributed by atoms with E-state index in [1.807, 2.05) is 11.8 Å². The number of amides is 1. The van der Waals surface area contributed by atoms with Crippen LogP contribution >= 0.6 is 0 Å². The predicted octanol–water partition coefficient (Wildman–Crippen LogP) is 3.11. The van der Waals surface area contributed by atoms with Gasteiger partial charge in [-0.25, -0.2) is 14.4 Å². The van der Waals surface area contributed by atoms with Crippen molar-refractivity contribution in [3.05, 3.63) is 48.2 Å². The van der Waals surface area contributed by atoms with Crippen LogP contribution in [0.3, 0.4) is 0 Å². The topological polar surface area (TPSA) is 123 Å². The molecular weight excluding hydrogens is 481 g/mol. The van der Waals surface area contributed by atoms with Crippen LogP contribution in [0.15, 0.2) is 36.5 Å². The van der Waals surface area contributed by atoms with Crippen LogP contribution in [0.1, 0.15) is 38.3 Å². The SMILES string of the molecule is CC1(C(=O)N2CCCCC2)COC(c2nc(-c3ccc(F)cc3)c(-c3ccnc(OCCO)n3)[nH]2)OC1. The molecule has 2 aliphatic rings. The minimum absolute atomic E-state index is 0.0502. The Bertz CT molecular complexity index is 1220. The molecule has 0 unspecified atom stereocenters. The van der Waals surface area contributed by atoms with Crippen LogP contribution in [0, 0.1) is 11.2 Å². The number of imidazole rings is 1. The summed E-state index contributed by atoms with van der Waals surface area (Å²) in [5, 5.41) is 9.04. The van der Waals surface area contributed by atoms with Crippen molar-refractivity contribution in [1.82, 2.24) is 24.8 Å². The predicted molar refractivity (Wildman–Crippen MR) is 131 cm³/mol. The molecule has 1 aromatic carbocycles. The summed E-state index contributed by atoms with van der Waals surface area (Å²) < 4.78 is 31.0. The third kappa shape index (κ3) is 5.48. The largest absolute Gasteiger partial charge is 0.461 e. The summed E-state index contributed by atoms with van der Waals surface area (Å²) >= 11 is 0. The van der Waals surface area contributed by atoms with Crippen molar-refractivity contribution >= 4 is 5.91 Å². The highest BCUT2D eigenvalue weighted by Gasteiger charge is 2.43. The monoisotopic (exact) mass is 511 g/mol. The molecule has 4 heterocycles. The summed E-state index contributed by atoms with van der Waals surface area (Å²) in [5.41, 5.74) is 1.45. The molecule has 196 valence electrons. The first-order chi connectivity index (χ1) is 18.0. The zero-order valence-electron chi connectivity index (χ0n) is 20.7. The number of H-pyrrole nitrogens is 1. The zero-order valence-corrected chi connectivity index (χ0v) is 20.7. The fraction of sp³-hybridized carbons (Fsp3) is 0.462. The van der Waals surface area contributed by atoms with Crippen molar-refractivity contribution in [3.8, 4) is 28.7 Å². The van der Waals surface area contributed by atoms with E-state index in [-0.39, 0.29) is 44.2 Å². The van der Waals surface area contributed by atoms with Crippen molar-refractivity contribution in [3.63, 3.8) is 0 Å². The molecule has 11 heteroatoms. The van der Waals surface area contributed by atoms with Gasteiger partial charge in [0.1, 0.15) is 12.4 Å². The Kier molecular flexibility index (Phi) is 7.45. The third-order valence-electron chi connectivity index (χ3n) is 6.54. The zero-order chi connectivity index (χ0) is 25.8. The van der Waals surface area contributed by atoms with Gasteiger partial charge in [0.25, 0.3) is 0 Å². The van der Waals surface area contributed by atoms with Gasteiger partial charge in [0.15, 0.2) is 5.82 Å². The number of piperidine rings is 1. The Morgan fingerprint density at radius 3 is 2.59 bits per heavy atom. The molecule has 2 fully saturated rings. The number of aliphatic hydroxyl groups excluding tert-OH is 1. The summed E-state index contributed by atoms with van der Waals surface area (Å²) in [6.07, 6.45) is 3.90. The van der Waals surface area contributed by atoms with E-state index in [0.717, 1.165) is 32.4 Å². The summed E-state index contributed by atoms with van der Waals surface area (Å²) in [7, 11) is 0. The third-order valence-corrected chi connectivity index (χ3v) is 6.54. The van der Waals surface area contributed by atoms with E-state index in [9.17, 15) is 9.18 Å². The molecule has 3 aromatic rings. The molecule has 10 nitrogen and oxygen atoms in total. The Hall–Kier alpha value is -3.41. The van der Waals surface area contributed by atoms with Crippen LogP contribution < -0.4 is 4.74 Å². The fourth-order valence-corrected chi connectivity index (χ4v) is 4.56. The first kappa shape index (κ1) is 25.2. The second kappa shape index (κ2) is 10.9. The van der Waals surface area contributed by atoms with E-state index in [1.54, 1.807) is 18.2 Å². The Morgan fingerprint density at radius 1 is 1.16 bits per heavy atom. The molecule has 2 N–H and O–H groups in total. The molecule has 0 radical (unpaired) electrons. The van der Waals surface area contributed by atoms with Gasteiger partial charge in [0, 0.05) is 24.8 Å². The first-order valence-electron chi connectivity index (χ1n) is 12.4. The maximum Gasteiger partial charge on any atom is 0.317 e. The standard InChI is InChI=1S/C26H30FN5O5/c1-26(24(34)32-11-3-2-4-12-32)15-36-23(37-16-26)22-30-20(17-5-7-18(27)8-6-17)21(31-22)19-9-10-28-25(29-19)35-14-13-33/h5-10,23,33H,2-4,11-16H2,1H3,(H,30,31). The van der Waals surface area contributed by atoms with E-state index >= 15 is 0 Å². The highest BCUT2D eigenvalue weighted by molar-refractivity contribution is 5.83. The van der Waals surface area contributed by atoms with Gasteiger partial charge in [-0.05, 0) is 56.5 Å². The first-order valence-corrected chi connectivity index (χ1v) is 12.4. The fourth-order valence-electron chi connectivity index (χ4n) is 4.56. The molecule has 5 rings (SSSR count). The van der Waals surface area contributed by atoms with E-state index < -0.39 is 11.7 Å². The maximum absolute atomic E-state index is 13.6. The molecule has 0 atom stereocenters. The van der Waals surface area contributed by atoms with Crippen molar-refractivity contribution in [2.45, 2.75) is 32.5 Å². The van der Waals surface area contributed by atoms with Gasteiger partial charge in [-0.3, -0.25) is 4.79 Å². The number of benzene rings is 1. The smallest absolute Gasteiger partial charge is 0.317 e.